The molecule has 162 valence electrons. The Labute approximate surface area is 181 Å². The number of guanidine groups is 1. The fourth-order valence-electron chi connectivity index (χ4n) is 3.41. The molecule has 0 radical (unpaired) electrons. The maximum Gasteiger partial charge on any atom is 0.196 e. The molecule has 0 atom stereocenters. The number of anilines is 1. The number of nitrogens with two attached hydrogens (primary N) is 1. The van der Waals surface area contributed by atoms with Crippen LogP contribution in [0.15, 0.2) is 59.6 Å². The van der Waals surface area contributed by atoms with Crippen molar-refractivity contribution in [2.45, 2.75) is 65.1 Å². The van der Waals surface area contributed by atoms with Gasteiger partial charge in [0.1, 0.15) is 12.4 Å². The highest BCUT2D eigenvalue weighted by molar-refractivity contribution is 5.93. The van der Waals surface area contributed by atoms with Crippen molar-refractivity contribution in [1.29, 1.82) is 0 Å². The number of rotatable bonds is 6. The zero-order valence-electron chi connectivity index (χ0n) is 18.5. The monoisotopic (exact) mass is 408 g/mol. The Morgan fingerprint density at radius 2 is 1.67 bits per heavy atom. The van der Waals surface area contributed by atoms with Gasteiger partial charge < -0.3 is 21.1 Å². The zero-order chi connectivity index (χ0) is 21.4. The van der Waals surface area contributed by atoms with Gasteiger partial charge in [-0.15, -0.1) is 0 Å². The van der Waals surface area contributed by atoms with Crippen molar-refractivity contribution in [1.82, 2.24) is 5.32 Å². The quantitative estimate of drug-likeness (QED) is 0.468. The van der Waals surface area contributed by atoms with Gasteiger partial charge in [-0.3, -0.25) is 4.99 Å². The second-order valence-electron chi connectivity index (χ2n) is 9.41. The molecule has 5 nitrogen and oxygen atoms in total. The number of ether oxygens (including phenoxy) is 1. The summed E-state index contributed by atoms with van der Waals surface area (Å²) >= 11 is 0. The SMILES string of the molecule is CC(C)(C)CN=C(Nc1ccc(OCc2ccccc2)cc1)NC1CCC(N)CC1. The van der Waals surface area contributed by atoms with E-state index in [1.54, 1.807) is 0 Å². The van der Waals surface area contributed by atoms with E-state index in [2.05, 4.69) is 43.5 Å². The maximum absolute atomic E-state index is 6.06. The Balaban J connectivity index is 1.59. The zero-order valence-corrected chi connectivity index (χ0v) is 18.5. The van der Waals surface area contributed by atoms with Gasteiger partial charge in [-0.1, -0.05) is 51.1 Å². The first-order valence-corrected chi connectivity index (χ1v) is 11.0. The standard InChI is InChI=1S/C25H36N4O/c1-25(2,3)18-27-24(28-21-11-9-20(26)10-12-21)29-22-13-15-23(16-14-22)30-17-19-7-5-4-6-8-19/h4-8,13-16,20-21H,9-12,17-18,26H2,1-3H3,(H2,27,28,29). The second kappa shape index (κ2) is 10.5. The lowest BCUT2D eigenvalue weighted by atomic mass is 9.92. The molecule has 0 aliphatic heterocycles. The van der Waals surface area contributed by atoms with E-state index in [-0.39, 0.29) is 5.41 Å². The van der Waals surface area contributed by atoms with Crippen molar-refractivity contribution in [3.63, 3.8) is 0 Å². The Bertz CT molecular complexity index is 788. The normalized spacial score (nSPS) is 19.9. The van der Waals surface area contributed by atoms with Crippen molar-refractivity contribution in [3.05, 3.63) is 60.2 Å². The molecule has 0 aromatic heterocycles. The van der Waals surface area contributed by atoms with Crippen LogP contribution < -0.4 is 21.1 Å². The molecule has 0 spiro atoms. The van der Waals surface area contributed by atoms with Crippen LogP contribution in [0, 0.1) is 5.41 Å². The van der Waals surface area contributed by atoms with Gasteiger partial charge in [-0.25, -0.2) is 0 Å². The third-order valence-corrected chi connectivity index (χ3v) is 5.19. The highest BCUT2D eigenvalue weighted by Gasteiger charge is 2.20. The van der Waals surface area contributed by atoms with Gasteiger partial charge in [-0.2, -0.15) is 0 Å². The molecule has 1 aliphatic rings. The van der Waals surface area contributed by atoms with Crippen molar-refractivity contribution >= 4 is 11.6 Å². The van der Waals surface area contributed by atoms with Crippen molar-refractivity contribution in [3.8, 4) is 5.75 Å². The topological polar surface area (TPSA) is 71.7 Å². The summed E-state index contributed by atoms with van der Waals surface area (Å²) < 4.78 is 5.89. The Morgan fingerprint density at radius 1 is 1.00 bits per heavy atom. The van der Waals surface area contributed by atoms with E-state index < -0.39 is 0 Å². The average molecular weight is 409 g/mol. The lowest BCUT2D eigenvalue weighted by Crippen LogP contribution is -2.43. The minimum Gasteiger partial charge on any atom is -0.489 e. The van der Waals surface area contributed by atoms with Crippen LogP contribution in [0.1, 0.15) is 52.0 Å². The molecule has 0 saturated heterocycles. The minimum absolute atomic E-state index is 0.138. The van der Waals surface area contributed by atoms with Crippen LogP contribution >= 0.6 is 0 Å². The molecular formula is C25H36N4O. The van der Waals surface area contributed by atoms with Crippen LogP contribution in [0.4, 0.5) is 5.69 Å². The third kappa shape index (κ3) is 7.71. The molecular weight excluding hydrogens is 372 g/mol. The van der Waals surface area contributed by atoms with E-state index in [0.29, 0.717) is 18.7 Å². The number of benzene rings is 2. The molecule has 1 saturated carbocycles. The lowest BCUT2D eigenvalue weighted by molar-refractivity contribution is 0.306. The van der Waals surface area contributed by atoms with Crippen molar-refractivity contribution in [2.24, 2.45) is 16.1 Å². The third-order valence-electron chi connectivity index (χ3n) is 5.19. The van der Waals surface area contributed by atoms with Gasteiger partial charge in [0.15, 0.2) is 5.96 Å². The van der Waals surface area contributed by atoms with Gasteiger partial charge in [0.05, 0.1) is 0 Å². The van der Waals surface area contributed by atoms with Gasteiger partial charge in [0.2, 0.25) is 0 Å². The van der Waals surface area contributed by atoms with E-state index >= 15 is 0 Å². The van der Waals surface area contributed by atoms with Crippen LogP contribution in [0.5, 0.6) is 5.75 Å². The molecule has 4 N–H and O–H groups in total. The maximum atomic E-state index is 6.06. The first-order valence-electron chi connectivity index (χ1n) is 11.0. The van der Waals surface area contributed by atoms with Crippen LogP contribution in [-0.4, -0.2) is 24.6 Å². The number of hydrogen-bond acceptors (Lipinski definition) is 3. The molecule has 1 fully saturated rings. The summed E-state index contributed by atoms with van der Waals surface area (Å²) in [6.45, 7) is 7.93. The van der Waals surface area contributed by atoms with E-state index in [4.69, 9.17) is 15.5 Å². The largest absolute Gasteiger partial charge is 0.489 e. The van der Waals surface area contributed by atoms with Crippen molar-refractivity contribution < 1.29 is 4.74 Å². The fourth-order valence-corrected chi connectivity index (χ4v) is 3.41. The number of nitrogens with one attached hydrogen (secondary N) is 2. The highest BCUT2D eigenvalue weighted by Crippen LogP contribution is 2.20. The second-order valence-corrected chi connectivity index (χ2v) is 9.41. The predicted octanol–water partition coefficient (Wildman–Crippen LogP) is 4.94. The number of aliphatic imine (C=N–C) groups is 1. The Hall–Kier alpha value is -2.53. The molecule has 5 heteroatoms. The van der Waals surface area contributed by atoms with Gasteiger partial charge in [-0.05, 0) is 60.9 Å². The first-order chi connectivity index (χ1) is 14.4. The summed E-state index contributed by atoms with van der Waals surface area (Å²) in [5, 5.41) is 7.07. The lowest BCUT2D eigenvalue weighted by Gasteiger charge is -2.28. The summed E-state index contributed by atoms with van der Waals surface area (Å²) in [7, 11) is 0. The first kappa shape index (κ1) is 22.2. The molecule has 1 aliphatic carbocycles. The highest BCUT2D eigenvalue weighted by atomic mass is 16.5. The number of hydrogen-bond donors (Lipinski definition) is 3. The van der Waals surface area contributed by atoms with E-state index in [1.165, 1.54) is 0 Å². The molecule has 0 unspecified atom stereocenters. The summed E-state index contributed by atoms with van der Waals surface area (Å²) in [6, 6.07) is 19.0. The molecule has 3 rings (SSSR count). The van der Waals surface area contributed by atoms with E-state index in [9.17, 15) is 0 Å². The summed E-state index contributed by atoms with van der Waals surface area (Å²) in [4.78, 5) is 4.83. The van der Waals surface area contributed by atoms with Gasteiger partial charge in [0.25, 0.3) is 0 Å². The summed E-state index contributed by atoms with van der Waals surface area (Å²) in [5.74, 6) is 1.69. The smallest absolute Gasteiger partial charge is 0.196 e. The van der Waals surface area contributed by atoms with Crippen LogP contribution in [0.25, 0.3) is 0 Å². The Morgan fingerprint density at radius 3 is 2.30 bits per heavy atom. The van der Waals surface area contributed by atoms with E-state index in [1.807, 2.05) is 42.5 Å². The average Bonchev–Trinajstić information content (AvgIpc) is 2.73. The van der Waals surface area contributed by atoms with Crippen LogP contribution in [-0.2, 0) is 6.61 Å². The summed E-state index contributed by atoms with van der Waals surface area (Å²) in [5.41, 5.74) is 8.35. The predicted molar refractivity (Wildman–Crippen MR) is 126 cm³/mol. The number of nitrogens with zero attached hydrogens (tertiary/aromatic N) is 1. The minimum atomic E-state index is 0.138. The molecule has 30 heavy (non-hydrogen) atoms. The van der Waals surface area contributed by atoms with E-state index in [0.717, 1.165) is 55.2 Å². The molecule has 2 aromatic carbocycles. The molecule has 0 amide bonds. The summed E-state index contributed by atoms with van der Waals surface area (Å²) in [6.07, 6.45) is 4.31. The van der Waals surface area contributed by atoms with Crippen LogP contribution in [0.3, 0.4) is 0 Å². The van der Waals surface area contributed by atoms with Crippen molar-refractivity contribution in [2.75, 3.05) is 11.9 Å². The molecule has 0 bridgehead atoms. The van der Waals surface area contributed by atoms with Gasteiger partial charge in [0, 0.05) is 24.3 Å². The Kier molecular flexibility index (Phi) is 7.75. The molecule has 0 heterocycles. The van der Waals surface area contributed by atoms with Crippen LogP contribution in [0.2, 0.25) is 0 Å². The fraction of sp³-hybridized carbons (Fsp3) is 0.480. The molecule has 2 aromatic rings. The van der Waals surface area contributed by atoms with Gasteiger partial charge >= 0.3 is 0 Å².